The van der Waals surface area contributed by atoms with E-state index in [9.17, 15) is 9.18 Å². The second kappa shape index (κ2) is 6.19. The average molecular weight is 274 g/mol. The van der Waals surface area contributed by atoms with Gasteiger partial charge in [-0.1, -0.05) is 12.1 Å². The Morgan fingerprint density at radius 1 is 1.20 bits per heavy atom. The van der Waals surface area contributed by atoms with Crippen LogP contribution in [0.15, 0.2) is 42.5 Å². The summed E-state index contributed by atoms with van der Waals surface area (Å²) in [6.45, 7) is 2.06. The Morgan fingerprint density at radius 3 is 2.70 bits per heavy atom. The molecule has 2 aromatic rings. The van der Waals surface area contributed by atoms with Crippen LogP contribution in [-0.2, 0) is 4.74 Å². The van der Waals surface area contributed by atoms with Crippen molar-refractivity contribution in [2.75, 3.05) is 13.7 Å². The van der Waals surface area contributed by atoms with Gasteiger partial charge in [0.2, 0.25) is 0 Å². The maximum atomic E-state index is 13.4. The number of carbonyl (C=O) groups is 1. The molecule has 2 rings (SSSR count). The average Bonchev–Trinajstić information content (AvgIpc) is 2.47. The zero-order valence-corrected chi connectivity index (χ0v) is 11.4. The van der Waals surface area contributed by atoms with Gasteiger partial charge in [0.1, 0.15) is 11.6 Å². The summed E-state index contributed by atoms with van der Waals surface area (Å²) in [5.41, 5.74) is 1.72. The van der Waals surface area contributed by atoms with Crippen LogP contribution in [-0.4, -0.2) is 19.7 Å². The van der Waals surface area contributed by atoms with Crippen molar-refractivity contribution in [3.8, 4) is 16.9 Å². The topological polar surface area (TPSA) is 35.5 Å². The Kier molecular flexibility index (Phi) is 4.35. The van der Waals surface area contributed by atoms with Gasteiger partial charge in [-0.3, -0.25) is 0 Å². The molecule has 0 bridgehead atoms. The molecule has 0 aliphatic carbocycles. The first-order valence-electron chi connectivity index (χ1n) is 6.26. The highest BCUT2D eigenvalue weighted by molar-refractivity contribution is 5.91. The van der Waals surface area contributed by atoms with Crippen LogP contribution in [0.3, 0.4) is 0 Å². The Balaban J connectivity index is 2.45. The van der Waals surface area contributed by atoms with Crippen LogP contribution in [0.25, 0.3) is 11.1 Å². The van der Waals surface area contributed by atoms with Crippen molar-refractivity contribution in [2.45, 2.75) is 6.92 Å². The van der Waals surface area contributed by atoms with E-state index in [0.29, 0.717) is 29.0 Å². The van der Waals surface area contributed by atoms with Gasteiger partial charge < -0.3 is 9.47 Å². The molecule has 4 heteroatoms. The minimum absolute atomic E-state index is 0.312. The fourth-order valence-electron chi connectivity index (χ4n) is 1.93. The summed E-state index contributed by atoms with van der Waals surface area (Å²) in [6, 6.07) is 11.1. The minimum Gasteiger partial charge on any atom is -0.496 e. The van der Waals surface area contributed by atoms with Crippen molar-refractivity contribution in [1.29, 1.82) is 0 Å². The van der Waals surface area contributed by atoms with Crippen molar-refractivity contribution in [3.05, 3.63) is 53.8 Å². The molecule has 0 atom stereocenters. The molecule has 0 saturated heterocycles. The quantitative estimate of drug-likeness (QED) is 0.798. The highest BCUT2D eigenvalue weighted by atomic mass is 19.1. The minimum atomic E-state index is -0.398. The van der Waals surface area contributed by atoms with E-state index < -0.39 is 5.97 Å². The number of hydrogen-bond acceptors (Lipinski definition) is 3. The summed E-state index contributed by atoms with van der Waals surface area (Å²) in [4.78, 5) is 11.7. The normalized spacial score (nSPS) is 10.2. The van der Waals surface area contributed by atoms with Crippen molar-refractivity contribution in [1.82, 2.24) is 0 Å². The molecule has 0 heterocycles. The second-order valence-corrected chi connectivity index (χ2v) is 4.15. The third-order valence-electron chi connectivity index (χ3n) is 2.85. The Labute approximate surface area is 117 Å². The largest absolute Gasteiger partial charge is 0.496 e. The molecule has 0 aliphatic heterocycles. The van der Waals surface area contributed by atoms with E-state index in [1.54, 1.807) is 37.3 Å². The fourth-order valence-corrected chi connectivity index (χ4v) is 1.93. The van der Waals surface area contributed by atoms with Gasteiger partial charge in [-0.05, 0) is 42.8 Å². The standard InChI is InChI=1S/C16H15FO3/c1-3-20-16(18)12-6-4-5-11(9-12)14-10-13(17)7-8-15(14)19-2/h4-10H,3H2,1-2H3. The molecule has 0 radical (unpaired) electrons. The predicted octanol–water partition coefficient (Wildman–Crippen LogP) is 3.68. The monoisotopic (exact) mass is 274 g/mol. The number of rotatable bonds is 4. The summed E-state index contributed by atoms with van der Waals surface area (Å²) in [7, 11) is 1.52. The van der Waals surface area contributed by atoms with E-state index in [1.807, 2.05) is 0 Å². The molecular formula is C16H15FO3. The second-order valence-electron chi connectivity index (χ2n) is 4.15. The van der Waals surface area contributed by atoms with E-state index in [-0.39, 0.29) is 5.82 Å². The number of ether oxygens (including phenoxy) is 2. The SMILES string of the molecule is CCOC(=O)c1cccc(-c2cc(F)ccc2OC)c1. The first kappa shape index (κ1) is 14.1. The lowest BCUT2D eigenvalue weighted by molar-refractivity contribution is 0.0526. The number of esters is 1. The molecule has 0 N–H and O–H groups in total. The Morgan fingerprint density at radius 2 is 2.00 bits per heavy atom. The van der Waals surface area contributed by atoms with Crippen LogP contribution in [0.1, 0.15) is 17.3 Å². The number of benzene rings is 2. The van der Waals surface area contributed by atoms with Gasteiger partial charge >= 0.3 is 5.97 Å². The zero-order valence-electron chi connectivity index (χ0n) is 11.4. The van der Waals surface area contributed by atoms with Gasteiger partial charge in [0.05, 0.1) is 19.3 Å². The molecule has 2 aromatic carbocycles. The number of methoxy groups -OCH3 is 1. The molecule has 0 amide bonds. The zero-order chi connectivity index (χ0) is 14.5. The summed E-state index contributed by atoms with van der Waals surface area (Å²) in [6.07, 6.45) is 0. The maximum Gasteiger partial charge on any atom is 0.338 e. The van der Waals surface area contributed by atoms with Crippen LogP contribution in [0.4, 0.5) is 4.39 Å². The molecule has 0 aromatic heterocycles. The van der Waals surface area contributed by atoms with E-state index >= 15 is 0 Å². The third-order valence-corrected chi connectivity index (χ3v) is 2.85. The van der Waals surface area contributed by atoms with Gasteiger partial charge in [0.15, 0.2) is 0 Å². The number of hydrogen-bond donors (Lipinski definition) is 0. The molecule has 0 fully saturated rings. The number of carbonyl (C=O) groups excluding carboxylic acids is 1. The van der Waals surface area contributed by atoms with E-state index in [2.05, 4.69) is 0 Å². The first-order chi connectivity index (χ1) is 9.65. The fraction of sp³-hybridized carbons (Fsp3) is 0.188. The Bertz CT molecular complexity index is 623. The van der Waals surface area contributed by atoms with Crippen LogP contribution in [0.2, 0.25) is 0 Å². The van der Waals surface area contributed by atoms with Crippen molar-refractivity contribution < 1.29 is 18.7 Å². The van der Waals surface area contributed by atoms with Crippen LogP contribution in [0.5, 0.6) is 5.75 Å². The lowest BCUT2D eigenvalue weighted by Crippen LogP contribution is -2.04. The van der Waals surface area contributed by atoms with Gasteiger partial charge in [-0.15, -0.1) is 0 Å². The highest BCUT2D eigenvalue weighted by Crippen LogP contribution is 2.31. The third kappa shape index (κ3) is 2.96. The summed E-state index contributed by atoms with van der Waals surface area (Å²) >= 11 is 0. The summed E-state index contributed by atoms with van der Waals surface area (Å²) in [5, 5.41) is 0. The van der Waals surface area contributed by atoms with Crippen LogP contribution in [0, 0.1) is 5.82 Å². The molecule has 0 unspecified atom stereocenters. The predicted molar refractivity (Wildman–Crippen MR) is 74.3 cm³/mol. The smallest absolute Gasteiger partial charge is 0.338 e. The van der Waals surface area contributed by atoms with Gasteiger partial charge in [-0.25, -0.2) is 9.18 Å². The van der Waals surface area contributed by atoms with E-state index in [1.165, 1.54) is 19.2 Å². The van der Waals surface area contributed by atoms with Crippen molar-refractivity contribution in [3.63, 3.8) is 0 Å². The van der Waals surface area contributed by atoms with Gasteiger partial charge in [0.25, 0.3) is 0 Å². The number of halogens is 1. The van der Waals surface area contributed by atoms with Crippen LogP contribution >= 0.6 is 0 Å². The lowest BCUT2D eigenvalue weighted by atomic mass is 10.0. The van der Waals surface area contributed by atoms with E-state index in [0.717, 1.165) is 0 Å². The van der Waals surface area contributed by atoms with Crippen molar-refractivity contribution in [2.24, 2.45) is 0 Å². The van der Waals surface area contributed by atoms with Crippen molar-refractivity contribution >= 4 is 5.97 Å². The Hall–Kier alpha value is -2.36. The highest BCUT2D eigenvalue weighted by Gasteiger charge is 2.11. The summed E-state index contributed by atoms with van der Waals surface area (Å²) in [5.74, 6) is -0.209. The lowest BCUT2D eigenvalue weighted by Gasteiger charge is -2.10. The van der Waals surface area contributed by atoms with Gasteiger partial charge in [0, 0.05) is 5.56 Å². The summed E-state index contributed by atoms with van der Waals surface area (Å²) < 4.78 is 23.6. The molecule has 0 saturated carbocycles. The van der Waals surface area contributed by atoms with Crippen LogP contribution < -0.4 is 4.74 Å². The molecule has 0 aliphatic rings. The molecule has 3 nitrogen and oxygen atoms in total. The molecular weight excluding hydrogens is 259 g/mol. The van der Waals surface area contributed by atoms with E-state index in [4.69, 9.17) is 9.47 Å². The van der Waals surface area contributed by atoms with Gasteiger partial charge in [-0.2, -0.15) is 0 Å². The maximum absolute atomic E-state index is 13.4. The first-order valence-corrected chi connectivity index (χ1v) is 6.26. The molecule has 20 heavy (non-hydrogen) atoms. The molecule has 104 valence electrons. The molecule has 0 spiro atoms.